The largest absolute Gasteiger partial charge is 0.401 e. The molecule has 32 heavy (non-hydrogen) atoms. The van der Waals surface area contributed by atoms with Crippen LogP contribution in [-0.4, -0.2) is 15.0 Å². The first-order valence-electron chi connectivity index (χ1n) is 8.88. The van der Waals surface area contributed by atoms with E-state index in [-0.39, 0.29) is 23.2 Å². The summed E-state index contributed by atoms with van der Waals surface area (Å²) in [6, 6.07) is 11.8. The van der Waals surface area contributed by atoms with E-state index in [2.05, 4.69) is 78.7 Å². The van der Waals surface area contributed by atoms with Crippen LogP contribution in [0.3, 0.4) is 0 Å². The number of nitrogens with zero attached hydrogens (tertiary/aromatic N) is 3. The average molecular weight is 685 g/mol. The van der Waals surface area contributed by atoms with Crippen LogP contribution in [0.4, 0.5) is 0 Å². The monoisotopic (exact) mass is 681 g/mol. The van der Waals surface area contributed by atoms with E-state index in [1.54, 1.807) is 42.5 Å². The average Bonchev–Trinajstić information content (AvgIpc) is 2.75. The summed E-state index contributed by atoms with van der Waals surface area (Å²) in [7, 11) is 0. The Labute approximate surface area is 212 Å². The van der Waals surface area contributed by atoms with Crippen molar-refractivity contribution < 1.29 is 8.83 Å². The zero-order valence-corrected chi connectivity index (χ0v) is 21.9. The van der Waals surface area contributed by atoms with Gasteiger partial charge in [-0.15, -0.1) is 0 Å². The summed E-state index contributed by atoms with van der Waals surface area (Å²) in [5, 5.41) is 0.647. The van der Waals surface area contributed by atoms with Crippen molar-refractivity contribution in [3.05, 3.63) is 81.2 Å². The fourth-order valence-electron chi connectivity index (χ4n) is 3.10. The molecule has 0 aliphatic carbocycles. The number of rotatable bonds is 2. The van der Waals surface area contributed by atoms with Gasteiger partial charge < -0.3 is 8.83 Å². The highest BCUT2D eigenvalue weighted by molar-refractivity contribution is 9.11. The summed E-state index contributed by atoms with van der Waals surface area (Å²) in [5.74, 6) is 0.0567. The third-order valence-corrected chi connectivity index (χ3v) is 6.61. The van der Waals surface area contributed by atoms with Crippen LogP contribution < -0.4 is 11.3 Å². The Morgan fingerprint density at radius 1 is 0.625 bits per heavy atom. The van der Waals surface area contributed by atoms with Crippen LogP contribution >= 0.6 is 63.7 Å². The van der Waals surface area contributed by atoms with Gasteiger partial charge in [-0.3, -0.25) is 0 Å². The molecule has 0 saturated heterocycles. The summed E-state index contributed by atoms with van der Waals surface area (Å²) in [4.78, 5) is 38.4. The van der Waals surface area contributed by atoms with E-state index in [0.29, 0.717) is 30.8 Å². The lowest BCUT2D eigenvalue weighted by atomic mass is 10.2. The van der Waals surface area contributed by atoms with E-state index in [4.69, 9.17) is 8.83 Å². The molecular weight excluding hydrogens is 678 g/mol. The van der Waals surface area contributed by atoms with E-state index in [9.17, 15) is 9.59 Å². The first-order chi connectivity index (χ1) is 15.3. The minimum absolute atomic E-state index is 0.0284. The molecule has 7 nitrogen and oxygen atoms in total. The van der Waals surface area contributed by atoms with Crippen LogP contribution in [0, 0.1) is 0 Å². The van der Waals surface area contributed by atoms with Crippen molar-refractivity contribution in [1.82, 2.24) is 15.0 Å². The lowest BCUT2D eigenvalue weighted by Gasteiger charge is -2.06. The summed E-state index contributed by atoms with van der Waals surface area (Å²) >= 11 is 13.5. The molecule has 0 atom stereocenters. The Kier molecular flexibility index (Phi) is 5.60. The van der Waals surface area contributed by atoms with Gasteiger partial charge in [-0.1, -0.05) is 37.9 Å². The predicted octanol–water partition coefficient (Wildman–Crippen LogP) is 6.47. The molecular formula is C21H7Br4N3O4. The van der Waals surface area contributed by atoms with Gasteiger partial charge in [-0.25, -0.2) is 24.5 Å². The Balaban J connectivity index is 1.68. The third kappa shape index (κ3) is 3.87. The fraction of sp³-hybridized carbons (Fsp3) is 0. The zero-order valence-electron chi connectivity index (χ0n) is 15.5. The number of aromatic nitrogens is 3. The molecule has 0 radical (unpaired) electrons. The summed E-state index contributed by atoms with van der Waals surface area (Å²) in [5.41, 5.74) is 0.354. The highest BCUT2D eigenvalue weighted by Crippen LogP contribution is 2.29. The van der Waals surface area contributed by atoms with Crippen LogP contribution in [0.1, 0.15) is 0 Å². The number of hydrogen-bond acceptors (Lipinski definition) is 7. The summed E-state index contributed by atoms with van der Waals surface area (Å²) in [6.07, 6.45) is 0. The molecule has 0 N–H and O–H groups in total. The van der Waals surface area contributed by atoms with E-state index in [1.165, 1.54) is 0 Å². The van der Waals surface area contributed by atoms with Gasteiger partial charge in [0.1, 0.15) is 11.4 Å². The fourth-order valence-corrected chi connectivity index (χ4v) is 5.72. The van der Waals surface area contributed by atoms with E-state index < -0.39 is 11.3 Å². The molecule has 2 aromatic carbocycles. The minimum atomic E-state index is -0.552. The molecule has 0 aliphatic heterocycles. The first-order valence-corrected chi connectivity index (χ1v) is 12.0. The number of fused-ring (bicyclic) bond motifs is 2. The van der Waals surface area contributed by atoms with Crippen molar-refractivity contribution in [3.8, 4) is 23.2 Å². The Bertz CT molecular complexity index is 1560. The van der Waals surface area contributed by atoms with Gasteiger partial charge in [-0.05, 0) is 68.3 Å². The number of benzene rings is 2. The maximum absolute atomic E-state index is 12.5. The van der Waals surface area contributed by atoms with Crippen molar-refractivity contribution in [1.29, 1.82) is 0 Å². The molecule has 5 aromatic rings. The van der Waals surface area contributed by atoms with Gasteiger partial charge in [0.05, 0.1) is 21.8 Å². The van der Waals surface area contributed by atoms with Crippen LogP contribution in [0.5, 0.6) is 0 Å². The molecule has 3 heterocycles. The number of pyridine rings is 1. The van der Waals surface area contributed by atoms with Gasteiger partial charge in [0, 0.05) is 17.9 Å². The van der Waals surface area contributed by atoms with E-state index >= 15 is 0 Å². The molecule has 5 rings (SSSR count). The second kappa shape index (κ2) is 8.29. The van der Waals surface area contributed by atoms with Crippen molar-refractivity contribution >= 4 is 85.5 Å². The zero-order chi connectivity index (χ0) is 22.6. The number of halogens is 4. The minimum Gasteiger partial charge on any atom is -0.401 e. The maximum Gasteiger partial charge on any atom is 0.347 e. The second-order valence-electron chi connectivity index (χ2n) is 6.59. The highest BCUT2D eigenvalue weighted by Gasteiger charge is 2.16. The van der Waals surface area contributed by atoms with Crippen LogP contribution in [0.15, 0.2) is 78.8 Å². The SMILES string of the molecule is O=c1oc(-c2cccc(-c3nc4c(Br)cc(Br)cc4c(=O)o3)n2)nc2c(Br)cc(Br)cc12. The molecule has 0 fully saturated rings. The van der Waals surface area contributed by atoms with Gasteiger partial charge in [0.25, 0.3) is 0 Å². The predicted molar refractivity (Wildman–Crippen MR) is 134 cm³/mol. The molecule has 3 aromatic heterocycles. The molecule has 0 unspecified atom stereocenters. The lowest BCUT2D eigenvalue weighted by molar-refractivity contribution is 0.512. The molecule has 0 spiro atoms. The topological polar surface area (TPSA) is 99.1 Å². The first kappa shape index (κ1) is 21.6. The van der Waals surface area contributed by atoms with Crippen molar-refractivity contribution in [2.24, 2.45) is 0 Å². The van der Waals surface area contributed by atoms with Crippen LogP contribution in [-0.2, 0) is 0 Å². The molecule has 158 valence electrons. The standard InChI is InChI=1S/C21H7Br4N3O4/c22-8-4-10-16(12(24)6-8)27-18(31-20(10)29)14-2-1-3-15(26-14)19-28-17-11(21(30)32-19)5-9(23)7-13(17)25/h1-7H. The molecule has 11 heteroatoms. The summed E-state index contributed by atoms with van der Waals surface area (Å²) in [6.45, 7) is 0. The van der Waals surface area contributed by atoms with Gasteiger partial charge in [0.2, 0.25) is 11.8 Å². The smallest absolute Gasteiger partial charge is 0.347 e. The number of hydrogen-bond donors (Lipinski definition) is 0. The Morgan fingerprint density at radius 3 is 1.50 bits per heavy atom. The summed E-state index contributed by atoms with van der Waals surface area (Å²) < 4.78 is 13.5. The Morgan fingerprint density at radius 2 is 1.06 bits per heavy atom. The van der Waals surface area contributed by atoms with Crippen molar-refractivity contribution in [2.45, 2.75) is 0 Å². The second-order valence-corrected chi connectivity index (χ2v) is 10.1. The highest BCUT2D eigenvalue weighted by atomic mass is 79.9. The van der Waals surface area contributed by atoms with Crippen molar-refractivity contribution in [3.63, 3.8) is 0 Å². The van der Waals surface area contributed by atoms with Crippen LogP contribution in [0.25, 0.3) is 45.0 Å². The molecule has 0 bridgehead atoms. The normalized spacial score (nSPS) is 11.4. The molecule has 0 aliphatic rings. The maximum atomic E-state index is 12.5. The third-order valence-electron chi connectivity index (χ3n) is 4.49. The molecule has 0 amide bonds. The molecule has 0 saturated carbocycles. The van der Waals surface area contributed by atoms with Gasteiger partial charge in [0.15, 0.2) is 0 Å². The quantitative estimate of drug-likeness (QED) is 0.210. The van der Waals surface area contributed by atoms with Gasteiger partial charge in [-0.2, -0.15) is 0 Å². The van der Waals surface area contributed by atoms with Crippen LogP contribution in [0.2, 0.25) is 0 Å². The van der Waals surface area contributed by atoms with E-state index in [0.717, 1.165) is 8.95 Å². The van der Waals surface area contributed by atoms with Gasteiger partial charge >= 0.3 is 11.3 Å². The Hall–Kier alpha value is -2.21. The van der Waals surface area contributed by atoms with E-state index in [1.807, 2.05) is 0 Å². The van der Waals surface area contributed by atoms with Crippen molar-refractivity contribution in [2.75, 3.05) is 0 Å². The lowest BCUT2D eigenvalue weighted by Crippen LogP contribution is -2.06.